The molecule has 4 rings (SSSR count). The second-order valence-corrected chi connectivity index (χ2v) is 5.88. The summed E-state index contributed by atoms with van der Waals surface area (Å²) in [6.45, 7) is 1.75. The lowest BCUT2D eigenvalue weighted by molar-refractivity contribution is 0.0600. The molecular weight excluding hydrogens is 365 g/mol. The van der Waals surface area contributed by atoms with Crippen molar-refractivity contribution in [1.82, 2.24) is 24.9 Å². The summed E-state index contributed by atoms with van der Waals surface area (Å²) < 4.78 is 24.6. The maximum absolute atomic E-state index is 13.0. The van der Waals surface area contributed by atoms with Gasteiger partial charge in [-0.1, -0.05) is 5.16 Å². The molecule has 0 radical (unpaired) electrons. The maximum Gasteiger partial charge on any atom is 0.341 e. The summed E-state index contributed by atoms with van der Waals surface area (Å²) in [7, 11) is 1.32. The van der Waals surface area contributed by atoms with Crippen LogP contribution in [0.25, 0.3) is 28.7 Å². The SMILES string of the molecule is COC(=O)c1cnn(-c2ccc(-c3nc(-c4ccc(F)cc4)no3)cn2)c1C. The molecule has 0 aliphatic heterocycles. The van der Waals surface area contributed by atoms with Gasteiger partial charge in [0.15, 0.2) is 5.82 Å². The molecule has 0 unspecified atom stereocenters. The Morgan fingerprint density at radius 1 is 1.11 bits per heavy atom. The predicted octanol–water partition coefficient (Wildman–Crippen LogP) is 3.22. The third-order valence-electron chi connectivity index (χ3n) is 4.16. The third kappa shape index (κ3) is 3.13. The van der Waals surface area contributed by atoms with Gasteiger partial charge in [-0.3, -0.25) is 0 Å². The zero-order chi connectivity index (χ0) is 19.7. The van der Waals surface area contributed by atoms with Gasteiger partial charge in [0, 0.05) is 11.8 Å². The van der Waals surface area contributed by atoms with Crippen molar-refractivity contribution in [3.05, 3.63) is 65.9 Å². The van der Waals surface area contributed by atoms with Crippen LogP contribution in [0.3, 0.4) is 0 Å². The van der Waals surface area contributed by atoms with Crippen LogP contribution >= 0.6 is 0 Å². The fourth-order valence-corrected chi connectivity index (χ4v) is 2.65. The van der Waals surface area contributed by atoms with E-state index in [1.165, 1.54) is 30.1 Å². The van der Waals surface area contributed by atoms with Crippen molar-refractivity contribution in [1.29, 1.82) is 0 Å². The summed E-state index contributed by atoms with van der Waals surface area (Å²) in [5.41, 5.74) is 2.24. The summed E-state index contributed by atoms with van der Waals surface area (Å²) in [4.78, 5) is 20.4. The smallest absolute Gasteiger partial charge is 0.341 e. The minimum absolute atomic E-state index is 0.283. The van der Waals surface area contributed by atoms with Gasteiger partial charge in [0.2, 0.25) is 5.82 Å². The highest BCUT2D eigenvalue weighted by molar-refractivity contribution is 5.90. The van der Waals surface area contributed by atoms with Crippen molar-refractivity contribution >= 4 is 5.97 Å². The normalized spacial score (nSPS) is 10.8. The maximum atomic E-state index is 13.0. The Kier molecular flexibility index (Phi) is 4.40. The number of hydrogen-bond acceptors (Lipinski definition) is 7. The molecule has 0 spiro atoms. The first-order valence-electron chi connectivity index (χ1n) is 8.26. The quantitative estimate of drug-likeness (QED) is 0.502. The Morgan fingerprint density at radius 2 is 1.86 bits per heavy atom. The van der Waals surface area contributed by atoms with E-state index < -0.39 is 5.97 Å². The molecule has 0 N–H and O–H groups in total. The van der Waals surface area contributed by atoms with Gasteiger partial charge in [-0.05, 0) is 43.3 Å². The van der Waals surface area contributed by atoms with Crippen LogP contribution in [0.2, 0.25) is 0 Å². The van der Waals surface area contributed by atoms with E-state index in [1.807, 2.05) is 0 Å². The van der Waals surface area contributed by atoms with Gasteiger partial charge < -0.3 is 9.26 Å². The number of esters is 1. The largest absolute Gasteiger partial charge is 0.465 e. The molecule has 8 nitrogen and oxygen atoms in total. The number of methoxy groups -OCH3 is 1. The van der Waals surface area contributed by atoms with E-state index in [9.17, 15) is 9.18 Å². The highest BCUT2D eigenvalue weighted by Crippen LogP contribution is 2.23. The molecule has 0 saturated heterocycles. The van der Waals surface area contributed by atoms with Crippen LogP contribution in [-0.2, 0) is 4.74 Å². The van der Waals surface area contributed by atoms with Gasteiger partial charge >= 0.3 is 5.97 Å². The average molecular weight is 379 g/mol. The van der Waals surface area contributed by atoms with Gasteiger partial charge in [0.05, 0.1) is 24.6 Å². The number of benzene rings is 1. The summed E-state index contributed by atoms with van der Waals surface area (Å²) >= 11 is 0. The van der Waals surface area contributed by atoms with Gasteiger partial charge in [-0.15, -0.1) is 0 Å². The molecule has 3 heterocycles. The Bertz CT molecular complexity index is 1130. The van der Waals surface area contributed by atoms with E-state index in [0.29, 0.717) is 34.0 Å². The van der Waals surface area contributed by atoms with E-state index in [2.05, 4.69) is 20.2 Å². The van der Waals surface area contributed by atoms with Crippen LogP contribution in [0.5, 0.6) is 0 Å². The molecule has 0 atom stereocenters. The van der Waals surface area contributed by atoms with E-state index in [4.69, 9.17) is 9.26 Å². The van der Waals surface area contributed by atoms with Gasteiger partial charge in [0.25, 0.3) is 5.89 Å². The second kappa shape index (κ2) is 7.03. The summed E-state index contributed by atoms with van der Waals surface area (Å²) in [6, 6.07) is 9.28. The number of ether oxygens (including phenoxy) is 1. The van der Waals surface area contributed by atoms with Crippen molar-refractivity contribution in [2.24, 2.45) is 0 Å². The standard InChI is InChI=1S/C19H14FN5O3/c1-11-15(19(26)27-2)10-22-25(11)16-8-5-13(9-21-16)18-23-17(24-28-18)12-3-6-14(20)7-4-12/h3-10H,1-2H3. The lowest BCUT2D eigenvalue weighted by Crippen LogP contribution is -2.05. The molecule has 0 saturated carbocycles. The number of rotatable bonds is 4. The van der Waals surface area contributed by atoms with E-state index >= 15 is 0 Å². The van der Waals surface area contributed by atoms with Gasteiger partial charge in [0.1, 0.15) is 11.4 Å². The Labute approximate surface area is 158 Å². The van der Waals surface area contributed by atoms with Crippen LogP contribution < -0.4 is 0 Å². The molecule has 0 fully saturated rings. The van der Waals surface area contributed by atoms with Crippen LogP contribution in [-0.4, -0.2) is 38.0 Å². The zero-order valence-electron chi connectivity index (χ0n) is 15.0. The van der Waals surface area contributed by atoms with Crippen molar-refractivity contribution < 1.29 is 18.4 Å². The Hall–Kier alpha value is -3.88. The first kappa shape index (κ1) is 17.5. The van der Waals surface area contributed by atoms with Gasteiger partial charge in [-0.25, -0.2) is 18.9 Å². The fourth-order valence-electron chi connectivity index (χ4n) is 2.65. The molecule has 140 valence electrons. The first-order valence-corrected chi connectivity index (χ1v) is 8.26. The van der Waals surface area contributed by atoms with E-state index in [-0.39, 0.29) is 11.7 Å². The third-order valence-corrected chi connectivity index (χ3v) is 4.16. The van der Waals surface area contributed by atoms with E-state index in [0.717, 1.165) is 0 Å². The molecule has 3 aromatic heterocycles. The van der Waals surface area contributed by atoms with Crippen molar-refractivity contribution in [3.63, 3.8) is 0 Å². The molecule has 0 aliphatic carbocycles. The minimum Gasteiger partial charge on any atom is -0.465 e. The van der Waals surface area contributed by atoms with Crippen molar-refractivity contribution in [3.8, 4) is 28.7 Å². The summed E-state index contributed by atoms with van der Waals surface area (Å²) in [6.07, 6.45) is 3.00. The number of carbonyl (C=O) groups excluding carboxylic acids is 1. The monoisotopic (exact) mass is 379 g/mol. The number of hydrogen-bond donors (Lipinski definition) is 0. The molecule has 28 heavy (non-hydrogen) atoms. The first-order chi connectivity index (χ1) is 13.6. The highest BCUT2D eigenvalue weighted by Gasteiger charge is 2.17. The van der Waals surface area contributed by atoms with Crippen molar-refractivity contribution in [2.45, 2.75) is 6.92 Å². The number of nitrogens with zero attached hydrogens (tertiary/aromatic N) is 5. The van der Waals surface area contributed by atoms with E-state index in [1.54, 1.807) is 37.4 Å². The highest BCUT2D eigenvalue weighted by atomic mass is 19.1. The topological polar surface area (TPSA) is 95.9 Å². The van der Waals surface area contributed by atoms with Crippen LogP contribution in [0, 0.1) is 12.7 Å². The molecule has 0 amide bonds. The van der Waals surface area contributed by atoms with Crippen LogP contribution in [0.1, 0.15) is 16.1 Å². The lowest BCUT2D eigenvalue weighted by Gasteiger charge is -2.04. The Morgan fingerprint density at radius 3 is 2.54 bits per heavy atom. The molecule has 4 aromatic rings. The van der Waals surface area contributed by atoms with Crippen molar-refractivity contribution in [2.75, 3.05) is 7.11 Å². The zero-order valence-corrected chi connectivity index (χ0v) is 15.0. The molecule has 0 aliphatic rings. The molecule has 9 heteroatoms. The number of carbonyl (C=O) groups is 1. The Balaban J connectivity index is 1.60. The lowest BCUT2D eigenvalue weighted by atomic mass is 10.2. The molecule has 1 aromatic carbocycles. The number of aromatic nitrogens is 5. The number of halogens is 1. The van der Waals surface area contributed by atoms with Crippen LogP contribution in [0.15, 0.2) is 53.3 Å². The molecule has 0 bridgehead atoms. The number of pyridine rings is 1. The fraction of sp³-hybridized carbons (Fsp3) is 0.105. The second-order valence-electron chi connectivity index (χ2n) is 5.88. The predicted molar refractivity (Wildman–Crippen MR) is 96.1 cm³/mol. The molecular formula is C19H14FN5O3. The average Bonchev–Trinajstić information content (AvgIpc) is 3.35. The summed E-state index contributed by atoms with van der Waals surface area (Å²) in [5, 5.41) is 8.09. The van der Waals surface area contributed by atoms with Gasteiger partial charge in [-0.2, -0.15) is 10.1 Å². The minimum atomic E-state index is -0.459. The van der Waals surface area contributed by atoms with Crippen LogP contribution in [0.4, 0.5) is 4.39 Å². The summed E-state index contributed by atoms with van der Waals surface area (Å²) in [5.74, 6) is 0.362.